The molecule has 1 aliphatic rings. The van der Waals surface area contributed by atoms with Gasteiger partial charge in [0.1, 0.15) is 6.10 Å². The van der Waals surface area contributed by atoms with Crippen molar-refractivity contribution in [1.29, 1.82) is 0 Å². The third-order valence-corrected chi connectivity index (χ3v) is 5.29. The summed E-state index contributed by atoms with van der Waals surface area (Å²) < 4.78 is 1.13. The Kier molecular flexibility index (Phi) is 4.93. The molecule has 0 fully saturated rings. The van der Waals surface area contributed by atoms with E-state index in [9.17, 15) is 9.90 Å². The van der Waals surface area contributed by atoms with E-state index in [0.717, 1.165) is 15.0 Å². The van der Waals surface area contributed by atoms with Crippen LogP contribution in [0.3, 0.4) is 0 Å². The summed E-state index contributed by atoms with van der Waals surface area (Å²) in [5, 5.41) is 22.2. The lowest BCUT2D eigenvalue weighted by atomic mass is 10.0. The van der Waals surface area contributed by atoms with Gasteiger partial charge in [-0.15, -0.1) is 23.7 Å². The van der Waals surface area contributed by atoms with Gasteiger partial charge in [-0.1, -0.05) is 18.2 Å². The Morgan fingerprint density at radius 3 is 2.88 bits per heavy atom. The van der Waals surface area contributed by atoms with Crippen LogP contribution in [0.1, 0.15) is 36.7 Å². The summed E-state index contributed by atoms with van der Waals surface area (Å²) in [5.41, 5.74) is -0.437. The second-order valence-electron chi connectivity index (χ2n) is 5.89. The molecule has 2 aromatic rings. The van der Waals surface area contributed by atoms with Crippen molar-refractivity contribution in [2.24, 2.45) is 10.2 Å². The summed E-state index contributed by atoms with van der Waals surface area (Å²) in [7, 11) is 0. The predicted molar refractivity (Wildman–Crippen MR) is 94.7 cm³/mol. The molecule has 1 aliphatic heterocycles. The van der Waals surface area contributed by atoms with Crippen LogP contribution in [0.4, 0.5) is 0 Å². The topological polar surface area (TPSA) is 74.0 Å². The normalized spacial score (nSPS) is 15.8. The molecule has 124 valence electrons. The second kappa shape index (κ2) is 7.12. The molecule has 6 heteroatoms. The lowest BCUT2D eigenvalue weighted by molar-refractivity contribution is -0.121. The number of nitrogens with zero attached hydrogens (tertiary/aromatic N) is 2. The molecule has 0 spiro atoms. The van der Waals surface area contributed by atoms with E-state index in [1.807, 2.05) is 30.3 Å². The maximum Gasteiger partial charge on any atom is 0.220 e. The molecule has 0 saturated heterocycles. The van der Waals surface area contributed by atoms with Crippen molar-refractivity contribution < 1.29 is 9.90 Å². The first-order valence-electron chi connectivity index (χ1n) is 7.93. The smallest absolute Gasteiger partial charge is 0.220 e. The zero-order valence-electron chi connectivity index (χ0n) is 13.2. The molecule has 1 atom stereocenters. The molecule has 0 radical (unpaired) electrons. The van der Waals surface area contributed by atoms with Crippen LogP contribution in [-0.2, 0) is 4.79 Å². The van der Waals surface area contributed by atoms with E-state index < -0.39 is 11.8 Å². The summed E-state index contributed by atoms with van der Waals surface area (Å²) in [4.78, 5) is 12.8. The van der Waals surface area contributed by atoms with Crippen molar-refractivity contribution in [1.82, 2.24) is 5.32 Å². The molecule has 0 saturated carbocycles. The number of carbonyl (C=O) groups is 1. The third kappa shape index (κ3) is 3.99. The molecule has 1 unspecified atom stereocenters. The fourth-order valence-corrected chi connectivity index (χ4v) is 3.60. The van der Waals surface area contributed by atoms with E-state index in [1.54, 1.807) is 11.3 Å². The summed E-state index contributed by atoms with van der Waals surface area (Å²) in [6.45, 7) is 0.206. The molecule has 0 aliphatic carbocycles. The zero-order valence-corrected chi connectivity index (χ0v) is 14.1. The number of terminal acetylenes is 1. The van der Waals surface area contributed by atoms with E-state index in [1.165, 1.54) is 0 Å². The minimum atomic E-state index is -0.697. The molecule has 24 heavy (non-hydrogen) atoms. The Morgan fingerprint density at radius 2 is 2.17 bits per heavy atom. The van der Waals surface area contributed by atoms with Crippen LogP contribution < -0.4 is 5.32 Å². The number of fused-ring (bicyclic) bond motifs is 1. The van der Waals surface area contributed by atoms with Crippen molar-refractivity contribution in [3.8, 4) is 12.3 Å². The fourth-order valence-electron chi connectivity index (χ4n) is 2.55. The number of thiophene rings is 1. The predicted octanol–water partition coefficient (Wildman–Crippen LogP) is 3.41. The first-order valence-corrected chi connectivity index (χ1v) is 8.74. The highest BCUT2D eigenvalue weighted by Gasteiger charge is 2.39. The number of rotatable bonds is 8. The van der Waals surface area contributed by atoms with Gasteiger partial charge < -0.3 is 10.4 Å². The highest BCUT2D eigenvalue weighted by Crippen LogP contribution is 2.37. The van der Waals surface area contributed by atoms with Gasteiger partial charge in [0.05, 0.1) is 0 Å². The lowest BCUT2D eigenvalue weighted by Crippen LogP contribution is -2.29. The van der Waals surface area contributed by atoms with Crippen LogP contribution in [-0.4, -0.2) is 23.2 Å². The first-order chi connectivity index (χ1) is 11.6. The number of hydrogen-bond acceptors (Lipinski definition) is 5. The van der Waals surface area contributed by atoms with Crippen molar-refractivity contribution in [2.75, 3.05) is 6.54 Å². The summed E-state index contributed by atoms with van der Waals surface area (Å²) in [6, 6.07) is 9.94. The van der Waals surface area contributed by atoms with Crippen LogP contribution >= 0.6 is 11.3 Å². The monoisotopic (exact) mass is 341 g/mol. The molecule has 5 nitrogen and oxygen atoms in total. The quantitative estimate of drug-likeness (QED) is 0.722. The van der Waals surface area contributed by atoms with Crippen molar-refractivity contribution >= 4 is 27.3 Å². The van der Waals surface area contributed by atoms with Crippen molar-refractivity contribution in [3.05, 3.63) is 35.2 Å². The van der Waals surface area contributed by atoms with Gasteiger partial charge in [-0.05, 0) is 17.5 Å². The van der Waals surface area contributed by atoms with E-state index in [2.05, 4.69) is 21.5 Å². The Morgan fingerprint density at radius 1 is 1.38 bits per heavy atom. The van der Waals surface area contributed by atoms with Gasteiger partial charge in [-0.3, -0.25) is 4.79 Å². The minimum Gasteiger partial charge on any atom is -0.386 e. The number of benzene rings is 1. The number of amides is 1. The lowest BCUT2D eigenvalue weighted by Gasteiger charge is -2.11. The SMILES string of the molecule is C#CCCC1(CCC(=O)NCC(O)c2cc3ccccc3s2)N=N1. The van der Waals surface area contributed by atoms with Gasteiger partial charge in [0.2, 0.25) is 5.91 Å². The maximum absolute atomic E-state index is 12.0. The van der Waals surface area contributed by atoms with E-state index in [-0.39, 0.29) is 12.5 Å². The van der Waals surface area contributed by atoms with Crippen LogP contribution in [0.25, 0.3) is 10.1 Å². The fraction of sp³-hybridized carbons (Fsp3) is 0.389. The van der Waals surface area contributed by atoms with Gasteiger partial charge in [0.25, 0.3) is 0 Å². The largest absolute Gasteiger partial charge is 0.386 e. The van der Waals surface area contributed by atoms with Gasteiger partial charge in [-0.2, -0.15) is 10.2 Å². The molecular formula is C18H19N3O2S. The average Bonchev–Trinajstić information content (AvgIpc) is 3.24. The third-order valence-electron chi connectivity index (χ3n) is 4.07. The maximum atomic E-state index is 12.0. The van der Waals surface area contributed by atoms with Crippen LogP contribution in [0.15, 0.2) is 40.6 Å². The molecule has 1 aromatic carbocycles. The molecule has 3 rings (SSSR count). The van der Waals surface area contributed by atoms with Crippen LogP contribution in [0, 0.1) is 12.3 Å². The zero-order chi connectivity index (χ0) is 17.0. The minimum absolute atomic E-state index is 0.104. The highest BCUT2D eigenvalue weighted by atomic mass is 32.1. The number of hydrogen-bond donors (Lipinski definition) is 2. The Hall–Kier alpha value is -2.23. The second-order valence-corrected chi connectivity index (χ2v) is 7.01. The number of aliphatic hydroxyl groups excluding tert-OH is 1. The molecule has 2 heterocycles. The Labute approximate surface area is 144 Å². The summed E-state index contributed by atoms with van der Waals surface area (Å²) >= 11 is 1.54. The van der Waals surface area contributed by atoms with E-state index in [0.29, 0.717) is 25.7 Å². The van der Waals surface area contributed by atoms with Gasteiger partial charge in [0, 0.05) is 41.8 Å². The van der Waals surface area contributed by atoms with Gasteiger partial charge in [0.15, 0.2) is 5.66 Å². The molecule has 1 aromatic heterocycles. The average molecular weight is 341 g/mol. The van der Waals surface area contributed by atoms with Crippen molar-refractivity contribution in [3.63, 3.8) is 0 Å². The molecule has 0 bridgehead atoms. The molecular weight excluding hydrogens is 322 g/mol. The number of carbonyl (C=O) groups excluding carboxylic acids is 1. The van der Waals surface area contributed by atoms with Crippen LogP contribution in [0.2, 0.25) is 0 Å². The standard InChI is InChI=1S/C18H19N3O2S/c1-2-3-9-18(20-21-18)10-8-17(23)19-12-14(22)16-11-13-6-4-5-7-15(13)24-16/h1,4-7,11,14,22H,3,8-10,12H2,(H,19,23). The van der Waals surface area contributed by atoms with E-state index in [4.69, 9.17) is 6.42 Å². The Balaban J connectivity index is 1.45. The first kappa shape index (κ1) is 16.6. The number of nitrogens with one attached hydrogen (secondary N) is 1. The van der Waals surface area contributed by atoms with Gasteiger partial charge >= 0.3 is 0 Å². The Bertz CT molecular complexity index is 767. The van der Waals surface area contributed by atoms with Crippen molar-refractivity contribution in [2.45, 2.75) is 37.5 Å². The summed E-state index contributed by atoms with van der Waals surface area (Å²) in [6.07, 6.45) is 6.75. The molecule has 1 amide bonds. The van der Waals surface area contributed by atoms with Gasteiger partial charge in [-0.25, -0.2) is 0 Å². The summed E-state index contributed by atoms with van der Waals surface area (Å²) in [5.74, 6) is 2.46. The highest BCUT2D eigenvalue weighted by molar-refractivity contribution is 7.19. The number of aliphatic hydroxyl groups is 1. The molecule has 2 N–H and O–H groups in total. The van der Waals surface area contributed by atoms with E-state index >= 15 is 0 Å². The van der Waals surface area contributed by atoms with Crippen LogP contribution in [0.5, 0.6) is 0 Å².